The van der Waals surface area contributed by atoms with Crippen LogP contribution >= 0.6 is 0 Å². The molecule has 1 aliphatic rings. The first kappa shape index (κ1) is 14.3. The number of amides is 2. The molecular formula is C14H19N3O3. The summed E-state index contributed by atoms with van der Waals surface area (Å²) in [6.07, 6.45) is 4.33. The van der Waals surface area contributed by atoms with Gasteiger partial charge in [-0.25, -0.2) is 14.6 Å². The number of carboxylic acid groups (broad SMARTS) is 1. The molecule has 6 heteroatoms. The molecule has 3 N–H and O–H groups in total. The first-order valence-corrected chi connectivity index (χ1v) is 6.63. The molecule has 1 unspecified atom stereocenters. The molecular weight excluding hydrogens is 258 g/mol. The van der Waals surface area contributed by atoms with Crippen molar-refractivity contribution in [2.24, 2.45) is 5.41 Å². The van der Waals surface area contributed by atoms with Crippen LogP contribution in [0.15, 0.2) is 18.3 Å². The van der Waals surface area contributed by atoms with Gasteiger partial charge < -0.3 is 15.7 Å². The van der Waals surface area contributed by atoms with E-state index in [4.69, 9.17) is 5.11 Å². The molecule has 0 radical (unpaired) electrons. The minimum Gasteiger partial charge on any atom is -0.476 e. The van der Waals surface area contributed by atoms with Crippen molar-refractivity contribution in [1.29, 1.82) is 0 Å². The van der Waals surface area contributed by atoms with Crippen LogP contribution in [0.3, 0.4) is 0 Å². The molecule has 108 valence electrons. The highest BCUT2D eigenvalue weighted by molar-refractivity contribution is 5.98. The van der Waals surface area contributed by atoms with E-state index in [-0.39, 0.29) is 28.9 Å². The Balaban J connectivity index is 1.97. The highest BCUT2D eigenvalue weighted by Gasteiger charge is 2.31. The van der Waals surface area contributed by atoms with Crippen LogP contribution in [-0.2, 0) is 0 Å². The first-order valence-electron chi connectivity index (χ1n) is 6.63. The Morgan fingerprint density at radius 2 is 2.20 bits per heavy atom. The normalized spacial score (nSPS) is 20.4. The lowest BCUT2D eigenvalue weighted by Crippen LogP contribution is -2.37. The fourth-order valence-corrected chi connectivity index (χ4v) is 2.58. The van der Waals surface area contributed by atoms with Crippen molar-refractivity contribution in [3.05, 3.63) is 24.0 Å². The molecule has 1 aromatic rings. The van der Waals surface area contributed by atoms with Gasteiger partial charge in [-0.15, -0.1) is 0 Å². The van der Waals surface area contributed by atoms with E-state index in [1.165, 1.54) is 12.3 Å². The average molecular weight is 277 g/mol. The summed E-state index contributed by atoms with van der Waals surface area (Å²) in [6.45, 7) is 4.35. The van der Waals surface area contributed by atoms with Gasteiger partial charge in [-0.05, 0) is 36.8 Å². The molecule has 2 rings (SSSR count). The lowest BCUT2D eigenvalue weighted by atomic mass is 9.92. The molecule has 6 nitrogen and oxygen atoms in total. The van der Waals surface area contributed by atoms with Gasteiger partial charge in [0.1, 0.15) is 0 Å². The zero-order chi connectivity index (χ0) is 14.8. The SMILES string of the molecule is CC1(C)CCC(NC(=O)Nc2cccnc2C(=O)O)C1. The number of carboxylic acids is 1. The molecule has 0 spiro atoms. The summed E-state index contributed by atoms with van der Waals surface area (Å²) >= 11 is 0. The topological polar surface area (TPSA) is 91.3 Å². The van der Waals surface area contributed by atoms with Crippen LogP contribution in [-0.4, -0.2) is 28.1 Å². The summed E-state index contributed by atoms with van der Waals surface area (Å²) in [5, 5.41) is 14.4. The predicted octanol–water partition coefficient (Wildman–Crippen LogP) is 2.48. The molecule has 0 saturated heterocycles. The van der Waals surface area contributed by atoms with Crippen molar-refractivity contribution >= 4 is 17.7 Å². The molecule has 2 amide bonds. The van der Waals surface area contributed by atoms with E-state index in [0.29, 0.717) is 0 Å². The molecule has 1 saturated carbocycles. The number of carbonyl (C=O) groups is 2. The lowest BCUT2D eigenvalue weighted by molar-refractivity contribution is 0.0691. The smallest absolute Gasteiger partial charge is 0.356 e. The van der Waals surface area contributed by atoms with Crippen molar-refractivity contribution < 1.29 is 14.7 Å². The van der Waals surface area contributed by atoms with Gasteiger partial charge in [-0.3, -0.25) is 0 Å². The average Bonchev–Trinajstić information content (AvgIpc) is 2.68. The Morgan fingerprint density at radius 1 is 1.45 bits per heavy atom. The van der Waals surface area contributed by atoms with Crippen LogP contribution in [0.1, 0.15) is 43.6 Å². The number of hydrogen-bond donors (Lipinski definition) is 3. The Morgan fingerprint density at radius 3 is 2.80 bits per heavy atom. The molecule has 0 aromatic carbocycles. The van der Waals surface area contributed by atoms with Gasteiger partial charge in [0.25, 0.3) is 0 Å². The maximum absolute atomic E-state index is 11.9. The number of carbonyl (C=O) groups excluding carboxylic acids is 1. The maximum atomic E-state index is 11.9. The summed E-state index contributed by atoms with van der Waals surface area (Å²) in [4.78, 5) is 26.7. The summed E-state index contributed by atoms with van der Waals surface area (Å²) < 4.78 is 0. The number of urea groups is 1. The van der Waals surface area contributed by atoms with Crippen LogP contribution in [0.4, 0.5) is 10.5 Å². The minimum absolute atomic E-state index is 0.134. The van der Waals surface area contributed by atoms with Crippen LogP contribution < -0.4 is 10.6 Å². The van der Waals surface area contributed by atoms with E-state index >= 15 is 0 Å². The lowest BCUT2D eigenvalue weighted by Gasteiger charge is -2.18. The zero-order valence-corrected chi connectivity index (χ0v) is 11.6. The highest BCUT2D eigenvalue weighted by atomic mass is 16.4. The second-order valence-corrected chi connectivity index (χ2v) is 5.91. The Kier molecular flexibility index (Phi) is 3.92. The van der Waals surface area contributed by atoms with Crippen LogP contribution in [0, 0.1) is 5.41 Å². The maximum Gasteiger partial charge on any atom is 0.356 e. The summed E-state index contributed by atoms with van der Waals surface area (Å²) in [6, 6.07) is 2.85. The Bertz CT molecular complexity index is 528. The molecule has 0 aliphatic heterocycles. The minimum atomic E-state index is -1.16. The quantitative estimate of drug-likeness (QED) is 0.791. The standard InChI is InChI=1S/C14H19N3O3/c1-14(2)6-5-9(8-14)16-13(20)17-10-4-3-7-15-11(10)12(18)19/h3-4,7,9H,5-6,8H2,1-2H3,(H,18,19)(H2,16,17,20). The first-order chi connectivity index (χ1) is 9.37. The van der Waals surface area contributed by atoms with Gasteiger partial charge in [0.2, 0.25) is 0 Å². The molecule has 0 bridgehead atoms. The van der Waals surface area contributed by atoms with E-state index in [0.717, 1.165) is 19.3 Å². The summed E-state index contributed by atoms with van der Waals surface area (Å²) in [7, 11) is 0. The second kappa shape index (κ2) is 5.48. The van der Waals surface area contributed by atoms with Gasteiger partial charge in [-0.1, -0.05) is 13.8 Å². The third-order valence-corrected chi connectivity index (χ3v) is 3.56. The largest absolute Gasteiger partial charge is 0.476 e. The zero-order valence-electron chi connectivity index (χ0n) is 11.6. The number of nitrogens with one attached hydrogen (secondary N) is 2. The molecule has 20 heavy (non-hydrogen) atoms. The fourth-order valence-electron chi connectivity index (χ4n) is 2.58. The number of hydrogen-bond acceptors (Lipinski definition) is 3. The monoisotopic (exact) mass is 277 g/mol. The van der Waals surface area contributed by atoms with Crippen molar-refractivity contribution in [2.75, 3.05) is 5.32 Å². The van der Waals surface area contributed by atoms with Gasteiger partial charge in [0.05, 0.1) is 5.69 Å². The molecule has 1 atom stereocenters. The number of aromatic nitrogens is 1. The van der Waals surface area contributed by atoms with Crippen molar-refractivity contribution in [2.45, 2.75) is 39.2 Å². The van der Waals surface area contributed by atoms with E-state index in [1.807, 2.05) is 0 Å². The van der Waals surface area contributed by atoms with Gasteiger partial charge >= 0.3 is 12.0 Å². The third kappa shape index (κ3) is 3.46. The van der Waals surface area contributed by atoms with E-state index < -0.39 is 5.97 Å². The van der Waals surface area contributed by atoms with Gasteiger partial charge in [-0.2, -0.15) is 0 Å². The Labute approximate surface area is 117 Å². The van der Waals surface area contributed by atoms with Crippen molar-refractivity contribution in [3.63, 3.8) is 0 Å². The fraction of sp³-hybridized carbons (Fsp3) is 0.500. The van der Waals surface area contributed by atoms with E-state index in [1.54, 1.807) is 6.07 Å². The van der Waals surface area contributed by atoms with E-state index in [2.05, 4.69) is 29.5 Å². The number of nitrogens with zero attached hydrogens (tertiary/aromatic N) is 1. The molecule has 1 heterocycles. The number of rotatable bonds is 3. The number of pyridine rings is 1. The summed E-state index contributed by atoms with van der Waals surface area (Å²) in [5.74, 6) is -1.16. The number of aromatic carboxylic acids is 1. The molecule has 1 aliphatic carbocycles. The number of anilines is 1. The van der Waals surface area contributed by atoms with Crippen molar-refractivity contribution in [3.8, 4) is 0 Å². The second-order valence-electron chi connectivity index (χ2n) is 5.91. The predicted molar refractivity (Wildman–Crippen MR) is 74.8 cm³/mol. The summed E-state index contributed by atoms with van der Waals surface area (Å²) in [5.41, 5.74) is 0.294. The van der Waals surface area contributed by atoms with Crippen LogP contribution in [0.5, 0.6) is 0 Å². The van der Waals surface area contributed by atoms with E-state index in [9.17, 15) is 9.59 Å². The molecule has 1 aromatic heterocycles. The van der Waals surface area contributed by atoms with Gasteiger partial charge in [0, 0.05) is 12.2 Å². The third-order valence-electron chi connectivity index (χ3n) is 3.56. The van der Waals surface area contributed by atoms with Gasteiger partial charge in [0.15, 0.2) is 5.69 Å². The Hall–Kier alpha value is -2.11. The molecule has 1 fully saturated rings. The highest BCUT2D eigenvalue weighted by Crippen LogP contribution is 2.36. The van der Waals surface area contributed by atoms with Crippen LogP contribution in [0.2, 0.25) is 0 Å². The van der Waals surface area contributed by atoms with Crippen LogP contribution in [0.25, 0.3) is 0 Å². The van der Waals surface area contributed by atoms with Crippen molar-refractivity contribution in [1.82, 2.24) is 10.3 Å².